The van der Waals surface area contributed by atoms with Crippen molar-refractivity contribution in [2.45, 2.75) is 65.0 Å². The molecule has 118 valence electrons. The predicted molar refractivity (Wildman–Crippen MR) is 88.8 cm³/mol. The lowest BCUT2D eigenvalue weighted by Gasteiger charge is -2.29. The maximum atomic E-state index is 12.4. The number of thiazole rings is 1. The molecule has 21 heavy (non-hydrogen) atoms. The highest BCUT2D eigenvalue weighted by atomic mass is 32.1. The predicted octanol–water partition coefficient (Wildman–Crippen LogP) is 3.24. The van der Waals surface area contributed by atoms with Crippen LogP contribution in [0.2, 0.25) is 0 Å². The number of nitrogens with one attached hydrogen (secondary N) is 2. The molecule has 0 radical (unpaired) electrons. The molecule has 2 rings (SSSR count). The van der Waals surface area contributed by atoms with Crippen LogP contribution in [0, 0.1) is 5.92 Å². The first-order valence-electron chi connectivity index (χ1n) is 7.61. The van der Waals surface area contributed by atoms with Gasteiger partial charge in [-0.2, -0.15) is 0 Å². The minimum absolute atomic E-state index is 0.0919. The van der Waals surface area contributed by atoms with Gasteiger partial charge < -0.3 is 16.4 Å². The number of nitrogens with two attached hydrogens (primary N) is 1. The van der Waals surface area contributed by atoms with Gasteiger partial charge in [0.15, 0.2) is 5.13 Å². The quantitative estimate of drug-likeness (QED) is 0.800. The third-order valence-corrected chi connectivity index (χ3v) is 4.75. The average Bonchev–Trinajstić information content (AvgIpc) is 2.70. The summed E-state index contributed by atoms with van der Waals surface area (Å²) in [5, 5.41) is 7.08. The minimum atomic E-state index is -0.101. The van der Waals surface area contributed by atoms with Crippen LogP contribution in [0.5, 0.6) is 0 Å². The number of carbonyl (C=O) groups is 1. The second kappa shape index (κ2) is 6.22. The van der Waals surface area contributed by atoms with Crippen LogP contribution in [0.4, 0.5) is 10.9 Å². The standard InChI is InChI=1S/C15H26N4OS/c1-9-7-5-6-8-10(9)17-13(20)11-12(16)18-14(21-11)19-15(2,3)4/h9-10H,5-8,16H2,1-4H3,(H,17,20)(H,18,19). The summed E-state index contributed by atoms with van der Waals surface area (Å²) in [6.07, 6.45) is 4.68. The third kappa shape index (κ3) is 4.33. The summed E-state index contributed by atoms with van der Waals surface area (Å²) >= 11 is 1.33. The summed E-state index contributed by atoms with van der Waals surface area (Å²) in [4.78, 5) is 17.2. The van der Waals surface area contributed by atoms with Crippen molar-refractivity contribution < 1.29 is 4.79 Å². The molecule has 1 aromatic rings. The maximum absolute atomic E-state index is 12.4. The summed E-state index contributed by atoms with van der Waals surface area (Å²) in [5.41, 5.74) is 5.80. The van der Waals surface area contributed by atoms with Gasteiger partial charge >= 0.3 is 0 Å². The Morgan fingerprint density at radius 2 is 2.00 bits per heavy atom. The second-order valence-electron chi connectivity index (χ2n) is 6.95. The van der Waals surface area contributed by atoms with E-state index in [1.165, 1.54) is 30.6 Å². The highest BCUT2D eigenvalue weighted by molar-refractivity contribution is 7.18. The maximum Gasteiger partial charge on any atom is 0.265 e. The van der Waals surface area contributed by atoms with Crippen molar-refractivity contribution in [1.82, 2.24) is 10.3 Å². The number of hydrogen-bond donors (Lipinski definition) is 3. The zero-order valence-corrected chi connectivity index (χ0v) is 14.1. The summed E-state index contributed by atoms with van der Waals surface area (Å²) in [7, 11) is 0. The topological polar surface area (TPSA) is 80.0 Å². The number of amides is 1. The van der Waals surface area contributed by atoms with E-state index < -0.39 is 0 Å². The molecule has 0 aromatic carbocycles. The summed E-state index contributed by atoms with van der Waals surface area (Å²) in [6, 6.07) is 0.256. The van der Waals surface area contributed by atoms with E-state index in [1.54, 1.807) is 0 Å². The molecule has 1 saturated carbocycles. The zero-order valence-electron chi connectivity index (χ0n) is 13.3. The van der Waals surface area contributed by atoms with Gasteiger partial charge in [0.25, 0.3) is 5.91 Å². The highest BCUT2D eigenvalue weighted by Crippen LogP contribution is 2.29. The van der Waals surface area contributed by atoms with E-state index in [0.717, 1.165) is 6.42 Å². The summed E-state index contributed by atoms with van der Waals surface area (Å²) < 4.78 is 0. The SMILES string of the molecule is CC1CCCCC1NC(=O)c1sc(NC(C)(C)C)nc1N. The van der Waals surface area contributed by atoms with Crippen molar-refractivity contribution in [3.63, 3.8) is 0 Å². The molecule has 0 aliphatic heterocycles. The Hall–Kier alpha value is -1.30. The first kappa shape index (κ1) is 16.1. The van der Waals surface area contributed by atoms with E-state index >= 15 is 0 Å². The van der Waals surface area contributed by atoms with Crippen LogP contribution in [-0.4, -0.2) is 22.5 Å². The van der Waals surface area contributed by atoms with E-state index in [2.05, 4.69) is 22.5 Å². The highest BCUT2D eigenvalue weighted by Gasteiger charge is 2.26. The molecule has 1 aliphatic rings. The fraction of sp³-hybridized carbons (Fsp3) is 0.733. The van der Waals surface area contributed by atoms with Gasteiger partial charge in [-0.15, -0.1) is 0 Å². The van der Waals surface area contributed by atoms with Crippen molar-refractivity contribution in [2.75, 3.05) is 11.1 Å². The first-order valence-corrected chi connectivity index (χ1v) is 8.43. The van der Waals surface area contributed by atoms with Crippen LogP contribution >= 0.6 is 11.3 Å². The number of hydrogen-bond acceptors (Lipinski definition) is 5. The largest absolute Gasteiger partial charge is 0.382 e. The van der Waals surface area contributed by atoms with Crippen LogP contribution < -0.4 is 16.4 Å². The Morgan fingerprint density at radius 1 is 1.33 bits per heavy atom. The lowest BCUT2D eigenvalue weighted by atomic mass is 9.86. The number of nitrogen functional groups attached to an aromatic ring is 1. The van der Waals surface area contributed by atoms with Gasteiger partial charge in [0.05, 0.1) is 0 Å². The normalized spacial score (nSPS) is 22.9. The second-order valence-corrected chi connectivity index (χ2v) is 7.95. The fourth-order valence-corrected chi connectivity index (χ4v) is 3.63. The Labute approximate surface area is 130 Å². The van der Waals surface area contributed by atoms with E-state index in [4.69, 9.17) is 5.73 Å². The molecule has 1 aromatic heterocycles. The molecule has 1 amide bonds. The fourth-order valence-electron chi connectivity index (χ4n) is 2.63. The molecule has 0 bridgehead atoms. The van der Waals surface area contributed by atoms with E-state index in [0.29, 0.717) is 21.7 Å². The van der Waals surface area contributed by atoms with E-state index in [1.807, 2.05) is 20.8 Å². The van der Waals surface area contributed by atoms with Crippen LogP contribution in [0.1, 0.15) is 63.0 Å². The molecule has 5 nitrogen and oxygen atoms in total. The average molecular weight is 310 g/mol. The number of aromatic nitrogens is 1. The number of nitrogens with zero attached hydrogens (tertiary/aromatic N) is 1. The summed E-state index contributed by atoms with van der Waals surface area (Å²) in [5.74, 6) is 0.752. The lowest BCUT2D eigenvalue weighted by molar-refractivity contribution is 0.0915. The molecule has 0 saturated heterocycles. The van der Waals surface area contributed by atoms with Crippen LogP contribution in [-0.2, 0) is 0 Å². The Kier molecular flexibility index (Phi) is 4.76. The van der Waals surface area contributed by atoms with E-state index in [-0.39, 0.29) is 17.5 Å². The van der Waals surface area contributed by atoms with Gasteiger partial charge in [-0.05, 0) is 39.5 Å². The van der Waals surface area contributed by atoms with E-state index in [9.17, 15) is 4.79 Å². The van der Waals surface area contributed by atoms with Crippen LogP contribution in [0.3, 0.4) is 0 Å². The van der Waals surface area contributed by atoms with Gasteiger partial charge in [-0.1, -0.05) is 31.1 Å². The number of carbonyl (C=O) groups excluding carboxylic acids is 1. The smallest absolute Gasteiger partial charge is 0.265 e. The van der Waals surface area contributed by atoms with Gasteiger partial charge in [-0.25, -0.2) is 4.98 Å². The van der Waals surface area contributed by atoms with Crippen LogP contribution in [0.15, 0.2) is 0 Å². The third-order valence-electron chi connectivity index (χ3n) is 3.77. The van der Waals surface area contributed by atoms with Gasteiger partial charge in [0, 0.05) is 11.6 Å². The molecular formula is C15H26N4OS. The van der Waals surface area contributed by atoms with Crippen molar-refractivity contribution in [3.05, 3.63) is 4.88 Å². The Morgan fingerprint density at radius 3 is 2.62 bits per heavy atom. The van der Waals surface area contributed by atoms with Crippen molar-refractivity contribution >= 4 is 28.2 Å². The van der Waals surface area contributed by atoms with Crippen molar-refractivity contribution in [2.24, 2.45) is 5.92 Å². The molecule has 1 heterocycles. The zero-order chi connectivity index (χ0) is 15.6. The number of rotatable bonds is 3. The Bertz CT molecular complexity index is 506. The molecule has 2 unspecified atom stereocenters. The first-order chi connectivity index (χ1) is 9.76. The molecule has 2 atom stereocenters. The molecule has 4 N–H and O–H groups in total. The van der Waals surface area contributed by atoms with Crippen molar-refractivity contribution in [1.29, 1.82) is 0 Å². The number of anilines is 2. The van der Waals surface area contributed by atoms with Gasteiger partial charge in [-0.3, -0.25) is 4.79 Å². The lowest BCUT2D eigenvalue weighted by Crippen LogP contribution is -2.41. The molecule has 0 spiro atoms. The van der Waals surface area contributed by atoms with Gasteiger partial charge in [0.1, 0.15) is 10.7 Å². The molecule has 1 fully saturated rings. The Balaban J connectivity index is 2.05. The minimum Gasteiger partial charge on any atom is -0.382 e. The molecular weight excluding hydrogens is 284 g/mol. The summed E-state index contributed by atoms with van der Waals surface area (Å²) in [6.45, 7) is 8.35. The van der Waals surface area contributed by atoms with Crippen LogP contribution in [0.25, 0.3) is 0 Å². The van der Waals surface area contributed by atoms with Gasteiger partial charge in [0.2, 0.25) is 0 Å². The molecule has 1 aliphatic carbocycles. The monoisotopic (exact) mass is 310 g/mol. The molecule has 6 heteroatoms. The van der Waals surface area contributed by atoms with Crippen molar-refractivity contribution in [3.8, 4) is 0 Å².